The first-order chi connectivity index (χ1) is 6.65. The molecule has 0 radical (unpaired) electrons. The van der Waals surface area contributed by atoms with Gasteiger partial charge in [-0.3, -0.25) is 9.89 Å². The third-order valence-corrected chi connectivity index (χ3v) is 1.56. The van der Waals surface area contributed by atoms with E-state index < -0.39 is 5.97 Å². The van der Waals surface area contributed by atoms with Crippen molar-refractivity contribution in [2.75, 3.05) is 0 Å². The molecule has 0 spiro atoms. The van der Waals surface area contributed by atoms with Crippen molar-refractivity contribution >= 4 is 18.5 Å². The maximum atomic E-state index is 10.2. The normalized spacial score (nSPS) is 10.4. The number of carboxylic acid groups (broad SMARTS) is 1. The molecule has 1 rings (SSSR count). The number of carbonyl (C=O) groups excluding carboxylic acids is 1. The number of aromatic nitrogens is 2. The van der Waals surface area contributed by atoms with E-state index in [1.165, 1.54) is 6.08 Å². The van der Waals surface area contributed by atoms with Crippen LogP contribution in [0.1, 0.15) is 11.3 Å². The smallest absolute Gasteiger partial charge is 0.328 e. The van der Waals surface area contributed by atoms with Crippen molar-refractivity contribution in [1.29, 1.82) is 0 Å². The minimum absolute atomic E-state index is 0.144. The van der Waals surface area contributed by atoms with Gasteiger partial charge in [-0.05, 0) is 13.0 Å². The fraction of sp³-hybridized carbons (Fsp3) is 0.125. The van der Waals surface area contributed by atoms with Crippen LogP contribution in [0.2, 0.25) is 0 Å². The molecule has 0 atom stereocenters. The minimum Gasteiger partial charge on any atom is -0.478 e. The predicted octanol–water partition coefficient (Wildman–Crippen LogP) is 0.351. The van der Waals surface area contributed by atoms with Crippen molar-refractivity contribution in [3.63, 3.8) is 0 Å². The summed E-state index contributed by atoms with van der Waals surface area (Å²) in [7, 11) is 0. The monoisotopic (exact) mass is 196 g/mol. The van der Waals surface area contributed by atoms with Crippen molar-refractivity contribution in [3.8, 4) is 5.88 Å². The van der Waals surface area contributed by atoms with Crippen LogP contribution in [0.25, 0.3) is 6.08 Å². The second kappa shape index (κ2) is 4.22. The molecule has 1 aromatic heterocycles. The highest BCUT2D eigenvalue weighted by Gasteiger charge is 2.07. The van der Waals surface area contributed by atoms with E-state index in [4.69, 9.17) is 5.11 Å². The van der Waals surface area contributed by atoms with E-state index in [1.54, 1.807) is 6.92 Å². The SMILES string of the molecule is Cc1c(OC=O)n[nH]c1/C=C/C(=O)O. The van der Waals surface area contributed by atoms with Crippen molar-refractivity contribution in [1.82, 2.24) is 10.2 Å². The highest BCUT2D eigenvalue weighted by Crippen LogP contribution is 2.17. The highest BCUT2D eigenvalue weighted by atomic mass is 16.5. The number of aromatic amines is 1. The Morgan fingerprint density at radius 2 is 2.36 bits per heavy atom. The minimum atomic E-state index is -1.06. The van der Waals surface area contributed by atoms with Crippen LogP contribution in [0.15, 0.2) is 6.08 Å². The summed E-state index contributed by atoms with van der Waals surface area (Å²) >= 11 is 0. The fourth-order valence-corrected chi connectivity index (χ4v) is 0.871. The molecule has 0 aromatic carbocycles. The third kappa shape index (κ3) is 2.19. The molecule has 0 unspecified atom stereocenters. The zero-order chi connectivity index (χ0) is 10.6. The van der Waals surface area contributed by atoms with E-state index in [0.29, 0.717) is 11.3 Å². The van der Waals surface area contributed by atoms with Crippen LogP contribution in [-0.2, 0) is 9.59 Å². The number of nitrogens with one attached hydrogen (secondary N) is 1. The van der Waals surface area contributed by atoms with Crippen LogP contribution in [-0.4, -0.2) is 27.7 Å². The number of H-pyrrole nitrogens is 1. The van der Waals surface area contributed by atoms with Crippen LogP contribution in [0.5, 0.6) is 5.88 Å². The van der Waals surface area contributed by atoms with Gasteiger partial charge in [-0.2, -0.15) is 0 Å². The van der Waals surface area contributed by atoms with E-state index in [-0.39, 0.29) is 12.4 Å². The van der Waals surface area contributed by atoms with Gasteiger partial charge in [0.05, 0.1) is 5.69 Å². The molecule has 0 saturated carbocycles. The molecule has 6 nitrogen and oxygen atoms in total. The molecular formula is C8H8N2O4. The number of hydrogen-bond acceptors (Lipinski definition) is 4. The number of ether oxygens (including phenoxy) is 1. The predicted molar refractivity (Wildman–Crippen MR) is 46.7 cm³/mol. The summed E-state index contributed by atoms with van der Waals surface area (Å²) in [5.41, 5.74) is 1.07. The molecule has 74 valence electrons. The van der Waals surface area contributed by atoms with Gasteiger partial charge in [0, 0.05) is 11.6 Å². The fourth-order valence-electron chi connectivity index (χ4n) is 0.871. The molecule has 1 aromatic rings. The summed E-state index contributed by atoms with van der Waals surface area (Å²) in [6.45, 7) is 1.91. The van der Waals surface area contributed by atoms with Gasteiger partial charge in [-0.25, -0.2) is 4.79 Å². The molecule has 6 heteroatoms. The van der Waals surface area contributed by atoms with Gasteiger partial charge < -0.3 is 9.84 Å². The Balaban J connectivity index is 2.89. The largest absolute Gasteiger partial charge is 0.478 e. The first kappa shape index (κ1) is 9.97. The lowest BCUT2D eigenvalue weighted by atomic mass is 10.2. The van der Waals surface area contributed by atoms with Gasteiger partial charge in [0.1, 0.15) is 0 Å². The zero-order valence-corrected chi connectivity index (χ0v) is 7.35. The summed E-state index contributed by atoms with van der Waals surface area (Å²) in [5.74, 6) is -0.915. The van der Waals surface area contributed by atoms with Gasteiger partial charge in [0.2, 0.25) is 5.88 Å². The Bertz CT molecular complexity index is 381. The van der Waals surface area contributed by atoms with Crippen LogP contribution < -0.4 is 4.74 Å². The summed E-state index contributed by atoms with van der Waals surface area (Å²) in [5, 5.41) is 14.6. The second-order valence-corrected chi connectivity index (χ2v) is 2.45. The quantitative estimate of drug-likeness (QED) is 0.535. The first-order valence-electron chi connectivity index (χ1n) is 3.71. The molecule has 0 aliphatic carbocycles. The topological polar surface area (TPSA) is 92.3 Å². The summed E-state index contributed by atoms with van der Waals surface area (Å²) in [6, 6.07) is 0. The summed E-state index contributed by atoms with van der Waals surface area (Å²) < 4.78 is 4.52. The van der Waals surface area contributed by atoms with Gasteiger partial charge in [-0.15, -0.1) is 5.10 Å². The molecule has 1 heterocycles. The van der Waals surface area contributed by atoms with Crippen LogP contribution in [0.4, 0.5) is 0 Å². The maximum absolute atomic E-state index is 10.2. The van der Waals surface area contributed by atoms with E-state index in [1.807, 2.05) is 0 Å². The van der Waals surface area contributed by atoms with Gasteiger partial charge in [0.25, 0.3) is 6.47 Å². The Morgan fingerprint density at radius 1 is 1.64 bits per heavy atom. The lowest BCUT2D eigenvalue weighted by Gasteiger charge is -1.91. The van der Waals surface area contributed by atoms with E-state index in [9.17, 15) is 9.59 Å². The first-order valence-corrected chi connectivity index (χ1v) is 3.71. The molecule has 2 N–H and O–H groups in total. The number of hydrogen-bond donors (Lipinski definition) is 2. The lowest BCUT2D eigenvalue weighted by molar-refractivity contribution is -0.131. The Hall–Kier alpha value is -2.11. The van der Waals surface area contributed by atoms with Gasteiger partial charge in [0.15, 0.2) is 0 Å². The molecule has 0 fully saturated rings. The summed E-state index contributed by atoms with van der Waals surface area (Å²) in [6.07, 6.45) is 2.30. The number of aliphatic carboxylic acids is 1. The van der Waals surface area contributed by atoms with E-state index in [2.05, 4.69) is 14.9 Å². The van der Waals surface area contributed by atoms with Gasteiger partial charge >= 0.3 is 5.97 Å². The van der Waals surface area contributed by atoms with Gasteiger partial charge in [-0.1, -0.05) is 0 Å². The number of carboxylic acids is 1. The molecule has 0 bridgehead atoms. The standard InChI is InChI=1S/C8H8N2O4/c1-5-6(2-3-7(12)13)9-10-8(5)14-4-11/h2-4H,1H3,(H,9,10)(H,12,13)/b3-2+. The van der Waals surface area contributed by atoms with E-state index in [0.717, 1.165) is 6.08 Å². The second-order valence-electron chi connectivity index (χ2n) is 2.45. The number of carbonyl (C=O) groups is 2. The third-order valence-electron chi connectivity index (χ3n) is 1.56. The van der Waals surface area contributed by atoms with Crippen molar-refractivity contribution in [3.05, 3.63) is 17.3 Å². The molecule has 0 aliphatic rings. The summed E-state index contributed by atoms with van der Waals surface area (Å²) in [4.78, 5) is 20.2. The van der Waals surface area contributed by atoms with Crippen molar-refractivity contribution in [2.45, 2.75) is 6.92 Å². The Labute approximate surface area is 79.2 Å². The average Bonchev–Trinajstić information content (AvgIpc) is 2.46. The Kier molecular flexibility index (Phi) is 3.01. The number of rotatable bonds is 4. The van der Waals surface area contributed by atoms with Crippen LogP contribution in [0, 0.1) is 6.92 Å². The molecule has 14 heavy (non-hydrogen) atoms. The maximum Gasteiger partial charge on any atom is 0.328 e. The average molecular weight is 196 g/mol. The van der Waals surface area contributed by atoms with Crippen LogP contribution >= 0.6 is 0 Å². The zero-order valence-electron chi connectivity index (χ0n) is 7.35. The molecule has 0 saturated heterocycles. The lowest BCUT2D eigenvalue weighted by Crippen LogP contribution is -1.90. The Morgan fingerprint density at radius 3 is 2.93 bits per heavy atom. The van der Waals surface area contributed by atoms with Crippen molar-refractivity contribution in [2.24, 2.45) is 0 Å². The molecule has 0 aliphatic heterocycles. The molecule has 0 amide bonds. The van der Waals surface area contributed by atoms with E-state index >= 15 is 0 Å². The van der Waals surface area contributed by atoms with Crippen molar-refractivity contribution < 1.29 is 19.4 Å². The molecular weight excluding hydrogens is 188 g/mol. The highest BCUT2D eigenvalue weighted by molar-refractivity contribution is 5.85. The van der Waals surface area contributed by atoms with Crippen LogP contribution in [0.3, 0.4) is 0 Å². The number of nitrogens with zero attached hydrogens (tertiary/aromatic N) is 1.